The summed E-state index contributed by atoms with van der Waals surface area (Å²) in [5.74, 6) is -0.766. The standard InChI is InChI=1S/C9H5IN2O4/c1-16-9(13)6-2-5(12(14)15)3-8(10)7(6)4-11/h2-3H,1H3. The maximum absolute atomic E-state index is 11.3. The summed E-state index contributed by atoms with van der Waals surface area (Å²) in [4.78, 5) is 21.3. The normalized spacial score (nSPS) is 9.31. The van der Waals surface area contributed by atoms with Crippen LogP contribution < -0.4 is 0 Å². The molecule has 0 aliphatic rings. The third-order valence-corrected chi connectivity index (χ3v) is 2.65. The number of nitro groups is 1. The van der Waals surface area contributed by atoms with Crippen LogP contribution in [-0.4, -0.2) is 18.0 Å². The van der Waals surface area contributed by atoms with Crippen LogP contribution in [0.5, 0.6) is 0 Å². The summed E-state index contributed by atoms with van der Waals surface area (Å²) in [6.07, 6.45) is 0. The average molecular weight is 332 g/mol. The number of nitro benzene ring substituents is 1. The monoisotopic (exact) mass is 332 g/mol. The first-order valence-electron chi connectivity index (χ1n) is 3.97. The minimum Gasteiger partial charge on any atom is -0.465 e. The average Bonchev–Trinajstić information content (AvgIpc) is 2.26. The van der Waals surface area contributed by atoms with Crippen LogP contribution in [0.2, 0.25) is 0 Å². The predicted octanol–water partition coefficient (Wildman–Crippen LogP) is 1.86. The predicted molar refractivity (Wildman–Crippen MR) is 61.9 cm³/mol. The van der Waals surface area contributed by atoms with Crippen molar-refractivity contribution >= 4 is 34.2 Å². The van der Waals surface area contributed by atoms with Crippen molar-refractivity contribution in [1.82, 2.24) is 0 Å². The van der Waals surface area contributed by atoms with Gasteiger partial charge in [0.05, 0.1) is 23.2 Å². The molecule has 7 heteroatoms. The Hall–Kier alpha value is -1.69. The number of hydrogen-bond donors (Lipinski definition) is 0. The molecule has 6 nitrogen and oxygen atoms in total. The lowest BCUT2D eigenvalue weighted by molar-refractivity contribution is -0.385. The van der Waals surface area contributed by atoms with Crippen molar-refractivity contribution in [3.8, 4) is 6.07 Å². The van der Waals surface area contributed by atoms with E-state index < -0.39 is 10.9 Å². The molecule has 0 aliphatic heterocycles. The minimum absolute atomic E-state index is 0.0815. The second kappa shape index (κ2) is 4.89. The van der Waals surface area contributed by atoms with Crippen LogP contribution in [0.1, 0.15) is 15.9 Å². The first kappa shape index (κ1) is 12.4. The Kier molecular flexibility index (Phi) is 3.78. The van der Waals surface area contributed by atoms with E-state index in [4.69, 9.17) is 5.26 Å². The number of rotatable bonds is 2. The van der Waals surface area contributed by atoms with Gasteiger partial charge in [0.2, 0.25) is 0 Å². The van der Waals surface area contributed by atoms with Crippen LogP contribution in [0.3, 0.4) is 0 Å². The number of methoxy groups -OCH3 is 1. The Balaban J connectivity index is 3.50. The van der Waals surface area contributed by atoms with Gasteiger partial charge >= 0.3 is 5.97 Å². The maximum atomic E-state index is 11.3. The number of carbonyl (C=O) groups is 1. The molecule has 82 valence electrons. The van der Waals surface area contributed by atoms with E-state index in [-0.39, 0.29) is 16.8 Å². The lowest BCUT2D eigenvalue weighted by Gasteiger charge is -2.03. The largest absolute Gasteiger partial charge is 0.465 e. The van der Waals surface area contributed by atoms with Gasteiger partial charge in [0, 0.05) is 15.7 Å². The lowest BCUT2D eigenvalue weighted by atomic mass is 10.1. The van der Waals surface area contributed by atoms with Crippen molar-refractivity contribution < 1.29 is 14.5 Å². The van der Waals surface area contributed by atoms with Gasteiger partial charge in [0.1, 0.15) is 6.07 Å². The summed E-state index contributed by atoms with van der Waals surface area (Å²) in [5, 5.41) is 19.4. The molecule has 0 saturated heterocycles. The van der Waals surface area contributed by atoms with Gasteiger partial charge in [0.15, 0.2) is 0 Å². The fraction of sp³-hybridized carbons (Fsp3) is 0.111. The van der Waals surface area contributed by atoms with E-state index in [9.17, 15) is 14.9 Å². The quantitative estimate of drug-likeness (QED) is 0.357. The third-order valence-electron chi connectivity index (χ3n) is 1.80. The van der Waals surface area contributed by atoms with E-state index in [0.717, 1.165) is 13.2 Å². The molecule has 0 atom stereocenters. The van der Waals surface area contributed by atoms with Gasteiger partial charge in [-0.25, -0.2) is 4.79 Å². The number of non-ortho nitro benzene ring substituents is 1. The molecule has 1 rings (SSSR count). The van der Waals surface area contributed by atoms with Crippen LogP contribution in [-0.2, 0) is 4.74 Å². The Labute approximate surface area is 104 Å². The van der Waals surface area contributed by atoms with Crippen molar-refractivity contribution in [3.63, 3.8) is 0 Å². The molecule has 16 heavy (non-hydrogen) atoms. The number of benzene rings is 1. The maximum Gasteiger partial charge on any atom is 0.339 e. The molecule has 0 unspecified atom stereocenters. The van der Waals surface area contributed by atoms with E-state index in [2.05, 4.69) is 4.74 Å². The van der Waals surface area contributed by atoms with Crippen LogP contribution in [0.4, 0.5) is 5.69 Å². The van der Waals surface area contributed by atoms with E-state index in [1.807, 2.05) is 6.07 Å². The summed E-state index contributed by atoms with van der Waals surface area (Å²) >= 11 is 1.76. The molecule has 1 aromatic carbocycles. The minimum atomic E-state index is -0.766. The second-order valence-corrected chi connectivity index (χ2v) is 3.87. The third kappa shape index (κ3) is 2.27. The topological polar surface area (TPSA) is 93.2 Å². The zero-order valence-electron chi connectivity index (χ0n) is 8.06. The summed E-state index contributed by atoms with van der Waals surface area (Å²) in [7, 11) is 1.15. The van der Waals surface area contributed by atoms with Crippen molar-refractivity contribution in [1.29, 1.82) is 5.26 Å². The molecule has 0 aromatic heterocycles. The number of carbonyl (C=O) groups excluding carboxylic acids is 1. The molecule has 0 fully saturated rings. The molecule has 0 amide bonds. The van der Waals surface area contributed by atoms with Crippen molar-refractivity contribution in [2.24, 2.45) is 0 Å². The number of hydrogen-bond acceptors (Lipinski definition) is 5. The SMILES string of the molecule is COC(=O)c1cc([N+](=O)[O-])cc(I)c1C#N. The summed E-state index contributed by atoms with van der Waals surface area (Å²) < 4.78 is 4.79. The Bertz CT molecular complexity index is 507. The van der Waals surface area contributed by atoms with Crippen LogP contribution in [0.25, 0.3) is 0 Å². The van der Waals surface area contributed by atoms with Crippen molar-refractivity contribution in [3.05, 3.63) is 36.9 Å². The lowest BCUT2D eigenvalue weighted by Crippen LogP contribution is -2.06. The van der Waals surface area contributed by atoms with E-state index >= 15 is 0 Å². The second-order valence-electron chi connectivity index (χ2n) is 2.71. The van der Waals surface area contributed by atoms with E-state index in [0.29, 0.717) is 3.57 Å². The highest BCUT2D eigenvalue weighted by Crippen LogP contribution is 2.24. The van der Waals surface area contributed by atoms with Crippen molar-refractivity contribution in [2.75, 3.05) is 7.11 Å². The summed E-state index contributed by atoms with van der Waals surface area (Å²) in [5.41, 5.74) is -0.259. The molecule has 1 aromatic rings. The number of ether oxygens (including phenoxy) is 1. The number of halogens is 1. The number of nitrogens with zero attached hydrogens (tertiary/aromatic N) is 2. The molecule has 0 spiro atoms. The van der Waals surface area contributed by atoms with Crippen LogP contribution in [0.15, 0.2) is 12.1 Å². The van der Waals surface area contributed by atoms with Gasteiger partial charge in [-0.1, -0.05) is 0 Å². The zero-order chi connectivity index (χ0) is 12.3. The summed E-state index contributed by atoms with van der Waals surface area (Å²) in [6.45, 7) is 0. The molecule has 0 N–H and O–H groups in total. The van der Waals surface area contributed by atoms with Gasteiger partial charge in [-0.05, 0) is 22.6 Å². The smallest absolute Gasteiger partial charge is 0.339 e. The highest BCUT2D eigenvalue weighted by molar-refractivity contribution is 14.1. The molecule has 0 bridgehead atoms. The Morgan fingerprint density at radius 3 is 2.69 bits per heavy atom. The summed E-state index contributed by atoms with van der Waals surface area (Å²) in [6, 6.07) is 4.08. The molecular weight excluding hydrogens is 327 g/mol. The van der Waals surface area contributed by atoms with Crippen molar-refractivity contribution in [2.45, 2.75) is 0 Å². The zero-order valence-corrected chi connectivity index (χ0v) is 10.2. The van der Waals surface area contributed by atoms with Gasteiger partial charge in [-0.15, -0.1) is 0 Å². The van der Waals surface area contributed by atoms with Gasteiger partial charge < -0.3 is 4.74 Å². The van der Waals surface area contributed by atoms with E-state index in [1.165, 1.54) is 6.07 Å². The molecule has 0 radical (unpaired) electrons. The van der Waals surface area contributed by atoms with E-state index in [1.54, 1.807) is 22.6 Å². The number of nitriles is 1. The first-order chi connectivity index (χ1) is 7.51. The Morgan fingerprint density at radius 1 is 1.62 bits per heavy atom. The number of esters is 1. The van der Waals surface area contributed by atoms with Gasteiger partial charge in [-0.3, -0.25) is 10.1 Å². The fourth-order valence-electron chi connectivity index (χ4n) is 1.08. The molecular formula is C9H5IN2O4. The highest BCUT2D eigenvalue weighted by Gasteiger charge is 2.20. The molecule has 0 aliphatic carbocycles. The van der Waals surface area contributed by atoms with Gasteiger partial charge in [-0.2, -0.15) is 5.26 Å². The first-order valence-corrected chi connectivity index (χ1v) is 5.05. The molecule has 0 heterocycles. The molecule has 0 saturated carbocycles. The van der Waals surface area contributed by atoms with Crippen LogP contribution in [0, 0.1) is 25.0 Å². The van der Waals surface area contributed by atoms with Crippen LogP contribution >= 0.6 is 22.6 Å². The Morgan fingerprint density at radius 2 is 2.25 bits per heavy atom. The fourth-order valence-corrected chi connectivity index (χ4v) is 1.81. The highest BCUT2D eigenvalue weighted by atomic mass is 127. The van der Waals surface area contributed by atoms with Gasteiger partial charge in [0.25, 0.3) is 5.69 Å².